The van der Waals surface area contributed by atoms with Crippen LogP contribution in [0.15, 0.2) is 24.3 Å². The predicted octanol–water partition coefficient (Wildman–Crippen LogP) is 0.913. The van der Waals surface area contributed by atoms with Gasteiger partial charge in [-0.2, -0.15) is 0 Å². The normalized spacial score (nSPS) is 12.6. The van der Waals surface area contributed by atoms with Gasteiger partial charge in [0.1, 0.15) is 0 Å². The van der Waals surface area contributed by atoms with Gasteiger partial charge >= 0.3 is 6.09 Å². The second kappa shape index (κ2) is 4.47. The fourth-order valence-electron chi connectivity index (χ4n) is 1.23. The highest BCUT2D eigenvalue weighted by molar-refractivity contribution is 5.61. The Kier molecular flexibility index (Phi) is 3.28. The van der Waals surface area contributed by atoms with Gasteiger partial charge in [0.25, 0.3) is 0 Å². The summed E-state index contributed by atoms with van der Waals surface area (Å²) < 4.78 is 0. The Balaban J connectivity index is 0.000000184. The van der Waals surface area contributed by atoms with E-state index in [4.69, 9.17) is 9.90 Å². The van der Waals surface area contributed by atoms with E-state index in [0.29, 0.717) is 0 Å². The number of benzene rings is 1. The summed E-state index contributed by atoms with van der Waals surface area (Å²) in [6, 6.07) is 8.53. The van der Waals surface area contributed by atoms with Crippen molar-refractivity contribution < 1.29 is 9.90 Å². The predicted molar refractivity (Wildman–Crippen MR) is 49.2 cm³/mol. The number of carbonyl (C=O) groups is 1. The molecule has 0 unspecified atom stereocenters. The number of primary amides is 1. The van der Waals surface area contributed by atoms with Gasteiger partial charge in [0.15, 0.2) is 0 Å². The van der Waals surface area contributed by atoms with Crippen molar-refractivity contribution >= 4 is 6.09 Å². The van der Waals surface area contributed by atoms with Crippen LogP contribution >= 0.6 is 0 Å². The minimum absolute atomic E-state index is 1.05. The summed E-state index contributed by atoms with van der Waals surface area (Å²) in [6.45, 7) is 2.10. The van der Waals surface area contributed by atoms with E-state index >= 15 is 0 Å². The van der Waals surface area contributed by atoms with Gasteiger partial charge in [-0.05, 0) is 11.1 Å². The zero-order valence-electron chi connectivity index (χ0n) is 7.16. The molecule has 13 heavy (non-hydrogen) atoms. The first-order valence-corrected chi connectivity index (χ1v) is 3.96. The van der Waals surface area contributed by atoms with Gasteiger partial charge < -0.3 is 16.2 Å². The van der Waals surface area contributed by atoms with Crippen molar-refractivity contribution in [3.8, 4) is 0 Å². The zero-order chi connectivity index (χ0) is 9.68. The number of rotatable bonds is 0. The molecule has 1 aliphatic rings. The summed E-state index contributed by atoms with van der Waals surface area (Å²) in [5, 5.41) is 10.5. The lowest BCUT2D eigenvalue weighted by Crippen LogP contribution is -2.03. The van der Waals surface area contributed by atoms with Gasteiger partial charge in [-0.15, -0.1) is 0 Å². The van der Waals surface area contributed by atoms with Gasteiger partial charge in [0.05, 0.1) is 0 Å². The van der Waals surface area contributed by atoms with Crippen LogP contribution in [0.5, 0.6) is 0 Å². The lowest BCUT2D eigenvalue weighted by Gasteiger charge is -1.91. The first kappa shape index (κ1) is 9.54. The zero-order valence-corrected chi connectivity index (χ0v) is 7.16. The molecule has 1 heterocycles. The van der Waals surface area contributed by atoms with Gasteiger partial charge in [-0.25, -0.2) is 4.79 Å². The standard InChI is InChI=1S/C8H9N.CH3NO2/c1-2-4-8-6-9-5-7(8)3-1;2-1(3)4/h1-4,9H,5-6H2;2H2,(H,3,4). The number of nitrogens with two attached hydrogens (primary N) is 1. The van der Waals surface area contributed by atoms with E-state index in [-0.39, 0.29) is 0 Å². The fourth-order valence-corrected chi connectivity index (χ4v) is 1.23. The Bertz CT molecular complexity index is 272. The molecule has 0 aliphatic carbocycles. The van der Waals surface area contributed by atoms with Crippen molar-refractivity contribution in [2.45, 2.75) is 13.1 Å². The number of hydrogen-bond acceptors (Lipinski definition) is 2. The molecule has 0 saturated heterocycles. The molecule has 1 aliphatic heterocycles. The van der Waals surface area contributed by atoms with Crippen molar-refractivity contribution in [1.29, 1.82) is 0 Å². The van der Waals surface area contributed by atoms with Gasteiger partial charge in [0.2, 0.25) is 0 Å². The van der Waals surface area contributed by atoms with E-state index in [2.05, 4.69) is 35.3 Å². The molecule has 4 nitrogen and oxygen atoms in total. The Morgan fingerprint density at radius 3 is 2.08 bits per heavy atom. The van der Waals surface area contributed by atoms with E-state index in [1.54, 1.807) is 0 Å². The monoisotopic (exact) mass is 180 g/mol. The third-order valence-corrected chi connectivity index (χ3v) is 1.75. The molecule has 70 valence electrons. The number of hydrogen-bond donors (Lipinski definition) is 3. The Labute approximate surface area is 76.4 Å². The maximum Gasteiger partial charge on any atom is 0.402 e. The van der Waals surface area contributed by atoms with Crippen LogP contribution in [-0.2, 0) is 13.1 Å². The van der Waals surface area contributed by atoms with E-state index in [1.165, 1.54) is 11.1 Å². The topological polar surface area (TPSA) is 75.4 Å². The third-order valence-electron chi connectivity index (χ3n) is 1.75. The van der Waals surface area contributed by atoms with Crippen molar-refractivity contribution in [1.82, 2.24) is 5.32 Å². The highest BCUT2D eigenvalue weighted by atomic mass is 16.4. The summed E-state index contributed by atoms with van der Waals surface area (Å²) in [4.78, 5) is 8.78. The average Bonchev–Trinajstić information content (AvgIpc) is 2.49. The largest absolute Gasteiger partial charge is 0.465 e. The van der Waals surface area contributed by atoms with Crippen LogP contribution in [0.25, 0.3) is 0 Å². The molecule has 1 aromatic carbocycles. The van der Waals surface area contributed by atoms with Crippen molar-refractivity contribution in [3.05, 3.63) is 35.4 Å². The molecule has 2 rings (SSSR count). The molecular weight excluding hydrogens is 168 g/mol. The molecule has 0 bridgehead atoms. The molecule has 0 atom stereocenters. The van der Waals surface area contributed by atoms with Crippen LogP contribution in [0.1, 0.15) is 11.1 Å². The van der Waals surface area contributed by atoms with Crippen LogP contribution in [0, 0.1) is 0 Å². The van der Waals surface area contributed by atoms with Gasteiger partial charge in [-0.3, -0.25) is 0 Å². The summed E-state index contributed by atoms with van der Waals surface area (Å²) >= 11 is 0. The minimum Gasteiger partial charge on any atom is -0.465 e. The molecule has 0 aromatic heterocycles. The van der Waals surface area contributed by atoms with Crippen LogP contribution in [0.4, 0.5) is 4.79 Å². The van der Waals surface area contributed by atoms with Gasteiger partial charge in [-0.1, -0.05) is 24.3 Å². The van der Waals surface area contributed by atoms with Crippen molar-refractivity contribution in [3.63, 3.8) is 0 Å². The maximum absolute atomic E-state index is 8.78. The number of amides is 1. The molecule has 0 radical (unpaired) electrons. The molecular formula is C9H12N2O2. The average molecular weight is 180 g/mol. The van der Waals surface area contributed by atoms with E-state index in [1.807, 2.05) is 0 Å². The Morgan fingerprint density at radius 1 is 1.31 bits per heavy atom. The highest BCUT2D eigenvalue weighted by Gasteiger charge is 2.06. The third kappa shape index (κ3) is 3.13. The number of carboxylic acid groups (broad SMARTS) is 1. The molecule has 0 spiro atoms. The molecule has 4 heteroatoms. The van der Waals surface area contributed by atoms with E-state index in [9.17, 15) is 0 Å². The number of nitrogens with one attached hydrogen (secondary N) is 1. The van der Waals surface area contributed by atoms with Crippen molar-refractivity contribution in [2.24, 2.45) is 5.73 Å². The first-order chi connectivity index (χ1) is 6.20. The second-order valence-electron chi connectivity index (χ2n) is 2.71. The van der Waals surface area contributed by atoms with Gasteiger partial charge in [0, 0.05) is 13.1 Å². The second-order valence-corrected chi connectivity index (χ2v) is 2.71. The van der Waals surface area contributed by atoms with Crippen LogP contribution < -0.4 is 11.1 Å². The summed E-state index contributed by atoms with van der Waals surface area (Å²) in [5.74, 6) is 0. The van der Waals surface area contributed by atoms with Crippen molar-refractivity contribution in [2.75, 3.05) is 0 Å². The molecule has 0 fully saturated rings. The quantitative estimate of drug-likeness (QED) is 0.555. The minimum atomic E-state index is -1.33. The summed E-state index contributed by atoms with van der Waals surface area (Å²) in [7, 11) is 0. The smallest absolute Gasteiger partial charge is 0.402 e. The van der Waals surface area contributed by atoms with Crippen LogP contribution in [0.2, 0.25) is 0 Å². The SMILES string of the molecule is NC(=O)O.c1ccc2c(c1)CNC2. The lowest BCUT2D eigenvalue weighted by molar-refractivity contribution is 0.205. The maximum atomic E-state index is 8.78. The molecule has 1 aromatic rings. The molecule has 1 amide bonds. The fraction of sp³-hybridized carbons (Fsp3) is 0.222. The summed E-state index contributed by atoms with van der Waals surface area (Å²) in [5.41, 5.74) is 6.94. The lowest BCUT2D eigenvalue weighted by atomic mass is 10.1. The Hall–Kier alpha value is -1.55. The summed E-state index contributed by atoms with van der Waals surface area (Å²) in [6.07, 6.45) is -1.33. The van der Waals surface area contributed by atoms with E-state index in [0.717, 1.165) is 13.1 Å². The van der Waals surface area contributed by atoms with Crippen LogP contribution in [0.3, 0.4) is 0 Å². The van der Waals surface area contributed by atoms with Crippen LogP contribution in [-0.4, -0.2) is 11.2 Å². The van der Waals surface area contributed by atoms with E-state index < -0.39 is 6.09 Å². The highest BCUT2D eigenvalue weighted by Crippen LogP contribution is 2.12. The molecule has 4 N–H and O–H groups in total. The molecule has 0 saturated carbocycles. The Morgan fingerprint density at radius 2 is 1.69 bits per heavy atom. The first-order valence-electron chi connectivity index (χ1n) is 3.96. The number of fused-ring (bicyclic) bond motifs is 1.